The van der Waals surface area contributed by atoms with Gasteiger partial charge < -0.3 is 19.7 Å². The van der Waals surface area contributed by atoms with Crippen molar-refractivity contribution < 1.29 is 46.1 Å². The molecule has 2 N–H and O–H groups in total. The molecular formula is C26H33F3N2O7S. The Labute approximate surface area is 225 Å². The molecule has 0 saturated heterocycles. The fourth-order valence-electron chi connectivity index (χ4n) is 3.58. The standard InChI is InChI=1S/C23H27F3N2O5S.C3H6O2/c1-4-17(15(2)3)11-16-5-6-20-19(12-16)28(7-9-32-20)34(30,31)21-13-18(23(24,25)26)14-27-22(21)33-10-8-29;1-2-3(4)5/h5-6,11-15,29H,4,7-10H2,1-3H3;2H2,1H3,(H,4,5)/b17-11+;. The predicted molar refractivity (Wildman–Crippen MR) is 139 cm³/mol. The Kier molecular flexibility index (Phi) is 11.2. The maximum absolute atomic E-state index is 13.6. The number of allylic oxidation sites excluding steroid dienone is 1. The molecule has 13 heteroatoms. The Bertz CT molecular complexity index is 1280. The van der Waals surface area contributed by atoms with Crippen molar-refractivity contribution in [2.45, 2.75) is 51.6 Å². The molecule has 216 valence electrons. The normalized spacial score (nSPS) is 13.8. The first kappa shape index (κ1) is 31.9. The summed E-state index contributed by atoms with van der Waals surface area (Å²) in [5, 5.41) is 16.8. The molecule has 0 aliphatic carbocycles. The van der Waals surface area contributed by atoms with Crippen LogP contribution in [0, 0.1) is 5.92 Å². The Hall–Kier alpha value is -3.32. The molecule has 1 aliphatic heterocycles. The number of carboxylic acid groups (broad SMARTS) is 1. The minimum absolute atomic E-state index is 0.0207. The van der Waals surface area contributed by atoms with Crippen molar-refractivity contribution in [3.63, 3.8) is 0 Å². The summed E-state index contributed by atoms with van der Waals surface area (Å²) in [5.74, 6) is -0.670. The number of hydrogen-bond acceptors (Lipinski definition) is 7. The number of ether oxygens (including phenoxy) is 2. The molecule has 0 bridgehead atoms. The van der Waals surface area contributed by atoms with Crippen molar-refractivity contribution >= 4 is 27.8 Å². The number of benzene rings is 1. The van der Waals surface area contributed by atoms with Gasteiger partial charge in [-0.2, -0.15) is 13.2 Å². The molecule has 1 aromatic heterocycles. The number of pyridine rings is 1. The average molecular weight is 575 g/mol. The first-order chi connectivity index (χ1) is 18.3. The maximum Gasteiger partial charge on any atom is 0.417 e. The molecule has 0 amide bonds. The zero-order chi connectivity index (χ0) is 29.4. The SMILES string of the molecule is CC/C(=C\c1ccc2c(c1)N(S(=O)(=O)c1cc(C(F)(F)F)cnc1OCCO)CCO2)C(C)C.CCC(=O)O. The van der Waals surface area contributed by atoms with Gasteiger partial charge in [-0.25, -0.2) is 13.4 Å². The van der Waals surface area contributed by atoms with E-state index in [1.807, 2.05) is 13.0 Å². The summed E-state index contributed by atoms with van der Waals surface area (Å²) in [5.41, 5.74) is 0.892. The van der Waals surface area contributed by atoms with Crippen LogP contribution < -0.4 is 13.8 Å². The fraction of sp³-hybridized carbons (Fsp3) is 0.462. The Morgan fingerprint density at radius 1 is 1.23 bits per heavy atom. The Morgan fingerprint density at radius 2 is 1.90 bits per heavy atom. The molecule has 2 heterocycles. The molecule has 39 heavy (non-hydrogen) atoms. The number of aliphatic carboxylic acids is 1. The van der Waals surface area contributed by atoms with E-state index < -0.39 is 45.1 Å². The van der Waals surface area contributed by atoms with Gasteiger partial charge in [-0.1, -0.05) is 45.4 Å². The lowest BCUT2D eigenvalue weighted by Gasteiger charge is -2.31. The van der Waals surface area contributed by atoms with Gasteiger partial charge in [0.1, 0.15) is 19.0 Å². The minimum atomic E-state index is -4.80. The van der Waals surface area contributed by atoms with E-state index in [0.717, 1.165) is 21.9 Å². The lowest BCUT2D eigenvalue weighted by Crippen LogP contribution is -2.38. The van der Waals surface area contributed by atoms with Crippen LogP contribution in [0.25, 0.3) is 6.08 Å². The number of aliphatic hydroxyl groups is 1. The lowest BCUT2D eigenvalue weighted by atomic mass is 9.98. The monoisotopic (exact) mass is 574 g/mol. The first-order valence-corrected chi connectivity index (χ1v) is 13.7. The Morgan fingerprint density at radius 3 is 2.44 bits per heavy atom. The molecule has 0 atom stereocenters. The van der Waals surface area contributed by atoms with Crippen LogP contribution in [0.15, 0.2) is 40.9 Å². The second kappa shape index (κ2) is 13.7. The number of halogens is 3. The van der Waals surface area contributed by atoms with Crippen molar-refractivity contribution in [2.24, 2.45) is 5.92 Å². The molecular weight excluding hydrogens is 541 g/mol. The van der Waals surface area contributed by atoms with E-state index in [9.17, 15) is 26.4 Å². The number of fused-ring (bicyclic) bond motifs is 1. The fourth-order valence-corrected chi connectivity index (χ4v) is 5.14. The van der Waals surface area contributed by atoms with Crippen molar-refractivity contribution in [2.75, 3.05) is 30.7 Å². The van der Waals surface area contributed by atoms with Crippen LogP contribution in [-0.2, 0) is 21.0 Å². The van der Waals surface area contributed by atoms with Gasteiger partial charge >= 0.3 is 12.1 Å². The van der Waals surface area contributed by atoms with Gasteiger partial charge in [-0.3, -0.25) is 9.10 Å². The largest absolute Gasteiger partial charge is 0.489 e. The topological polar surface area (TPSA) is 126 Å². The molecule has 0 unspecified atom stereocenters. The third-order valence-electron chi connectivity index (χ3n) is 5.65. The minimum Gasteiger partial charge on any atom is -0.489 e. The van der Waals surface area contributed by atoms with E-state index in [2.05, 4.69) is 18.8 Å². The summed E-state index contributed by atoms with van der Waals surface area (Å²) in [6, 6.07) is 5.58. The van der Waals surface area contributed by atoms with Crippen LogP contribution in [0.3, 0.4) is 0 Å². The van der Waals surface area contributed by atoms with E-state index in [-0.39, 0.29) is 31.9 Å². The zero-order valence-electron chi connectivity index (χ0n) is 22.2. The van der Waals surface area contributed by atoms with E-state index in [4.69, 9.17) is 19.7 Å². The molecule has 0 spiro atoms. The van der Waals surface area contributed by atoms with Gasteiger partial charge in [-0.15, -0.1) is 0 Å². The van der Waals surface area contributed by atoms with Crippen LogP contribution in [0.1, 0.15) is 51.7 Å². The van der Waals surface area contributed by atoms with E-state index in [0.29, 0.717) is 23.9 Å². The van der Waals surface area contributed by atoms with E-state index in [1.54, 1.807) is 25.1 Å². The third kappa shape index (κ3) is 8.33. The van der Waals surface area contributed by atoms with Crippen LogP contribution in [-0.4, -0.2) is 55.9 Å². The molecule has 0 radical (unpaired) electrons. The number of anilines is 1. The molecule has 9 nitrogen and oxygen atoms in total. The smallest absolute Gasteiger partial charge is 0.417 e. The van der Waals surface area contributed by atoms with Crippen molar-refractivity contribution in [1.82, 2.24) is 4.98 Å². The van der Waals surface area contributed by atoms with Gasteiger partial charge in [0, 0.05) is 12.6 Å². The molecule has 3 rings (SSSR count). The van der Waals surface area contributed by atoms with Gasteiger partial charge in [-0.05, 0) is 36.1 Å². The molecule has 0 saturated carbocycles. The number of sulfonamides is 1. The molecule has 1 aromatic carbocycles. The highest BCUT2D eigenvalue weighted by atomic mass is 32.2. The second-order valence-electron chi connectivity index (χ2n) is 8.72. The predicted octanol–water partition coefficient (Wildman–Crippen LogP) is 4.99. The number of nitrogens with zero attached hydrogens (tertiary/aromatic N) is 2. The summed E-state index contributed by atoms with van der Waals surface area (Å²) in [6.07, 6.45) is -1.30. The van der Waals surface area contributed by atoms with Crippen LogP contribution in [0.4, 0.5) is 18.9 Å². The number of alkyl halides is 3. The highest BCUT2D eigenvalue weighted by molar-refractivity contribution is 7.93. The van der Waals surface area contributed by atoms with Crippen molar-refractivity contribution in [3.8, 4) is 11.6 Å². The summed E-state index contributed by atoms with van der Waals surface area (Å²) >= 11 is 0. The lowest BCUT2D eigenvalue weighted by molar-refractivity contribution is -0.138. The highest BCUT2D eigenvalue weighted by Gasteiger charge is 2.37. The number of aromatic nitrogens is 1. The van der Waals surface area contributed by atoms with Gasteiger partial charge in [0.15, 0.2) is 4.90 Å². The number of carbonyl (C=O) groups is 1. The summed E-state index contributed by atoms with van der Waals surface area (Å²) in [7, 11) is -4.52. The number of hydrogen-bond donors (Lipinski definition) is 2. The van der Waals surface area contributed by atoms with Crippen LogP contribution in [0.2, 0.25) is 0 Å². The van der Waals surface area contributed by atoms with Gasteiger partial charge in [0.2, 0.25) is 5.88 Å². The molecule has 0 fully saturated rings. The van der Waals surface area contributed by atoms with Crippen molar-refractivity contribution in [1.29, 1.82) is 0 Å². The second-order valence-corrected chi connectivity index (χ2v) is 10.6. The zero-order valence-corrected chi connectivity index (χ0v) is 23.0. The summed E-state index contributed by atoms with van der Waals surface area (Å²) < 4.78 is 79.0. The molecule has 2 aromatic rings. The van der Waals surface area contributed by atoms with Crippen LogP contribution in [0.5, 0.6) is 11.6 Å². The Balaban J connectivity index is 0.000000976. The highest BCUT2D eigenvalue weighted by Crippen LogP contribution is 2.40. The third-order valence-corrected chi connectivity index (χ3v) is 7.46. The number of aliphatic hydroxyl groups excluding tert-OH is 1. The van der Waals surface area contributed by atoms with Crippen LogP contribution >= 0.6 is 0 Å². The summed E-state index contributed by atoms with van der Waals surface area (Å²) in [4.78, 5) is 12.2. The number of rotatable bonds is 9. The first-order valence-electron chi connectivity index (χ1n) is 12.3. The molecule has 1 aliphatic rings. The van der Waals surface area contributed by atoms with E-state index in [1.165, 1.54) is 0 Å². The van der Waals surface area contributed by atoms with E-state index >= 15 is 0 Å². The van der Waals surface area contributed by atoms with Gasteiger partial charge in [0.25, 0.3) is 10.0 Å². The van der Waals surface area contributed by atoms with Crippen molar-refractivity contribution in [3.05, 3.63) is 47.2 Å². The maximum atomic E-state index is 13.6. The van der Waals surface area contributed by atoms with Gasteiger partial charge in [0.05, 0.1) is 24.4 Å². The quantitative estimate of drug-likeness (QED) is 0.429. The average Bonchev–Trinajstić information content (AvgIpc) is 2.89. The summed E-state index contributed by atoms with van der Waals surface area (Å²) in [6.45, 7) is 6.86. The number of carboxylic acids is 1.